The summed E-state index contributed by atoms with van der Waals surface area (Å²) in [5.74, 6) is 0.114. The number of aryl methyl sites for hydroxylation is 2. The lowest BCUT2D eigenvalue weighted by molar-refractivity contribution is 0.0983. The van der Waals surface area contributed by atoms with Crippen molar-refractivity contribution in [3.8, 4) is 0 Å². The van der Waals surface area contributed by atoms with Crippen LogP contribution >= 0.6 is 11.3 Å². The van der Waals surface area contributed by atoms with Crippen LogP contribution in [0.5, 0.6) is 0 Å². The Morgan fingerprint density at radius 1 is 1.47 bits per heavy atom. The van der Waals surface area contributed by atoms with Crippen LogP contribution in [-0.2, 0) is 19.4 Å². The molecule has 2 aromatic heterocycles. The van der Waals surface area contributed by atoms with Gasteiger partial charge in [0.15, 0.2) is 5.78 Å². The first-order chi connectivity index (χ1) is 8.24. The highest BCUT2D eigenvalue weighted by Gasteiger charge is 2.14. The van der Waals surface area contributed by atoms with Gasteiger partial charge < -0.3 is 0 Å². The summed E-state index contributed by atoms with van der Waals surface area (Å²) in [6.45, 7) is 4.76. The van der Waals surface area contributed by atoms with Gasteiger partial charge in [-0.05, 0) is 19.4 Å². The Hall–Kier alpha value is -1.49. The van der Waals surface area contributed by atoms with Crippen molar-refractivity contribution in [3.63, 3.8) is 0 Å². The van der Waals surface area contributed by atoms with Crippen LogP contribution in [0.2, 0.25) is 0 Å². The topological polar surface area (TPSA) is 47.8 Å². The van der Waals surface area contributed by atoms with Gasteiger partial charge >= 0.3 is 0 Å². The summed E-state index contributed by atoms with van der Waals surface area (Å²) in [5.41, 5.74) is 3.43. The summed E-state index contributed by atoms with van der Waals surface area (Å²) < 4.78 is 1.78. The van der Waals surface area contributed by atoms with Crippen molar-refractivity contribution < 1.29 is 4.79 Å². The van der Waals surface area contributed by atoms with Crippen LogP contribution < -0.4 is 0 Å². The molecule has 0 aromatic carbocycles. The molecule has 4 nitrogen and oxygen atoms in total. The maximum atomic E-state index is 12.1. The first-order valence-electron chi connectivity index (χ1n) is 5.71. The molecule has 0 saturated carbocycles. The van der Waals surface area contributed by atoms with Gasteiger partial charge in [0.05, 0.1) is 11.2 Å². The second-order valence-corrected chi connectivity index (χ2v) is 4.73. The lowest BCUT2D eigenvalue weighted by Gasteiger charge is -2.01. The molecule has 0 fully saturated rings. The quantitative estimate of drug-likeness (QED) is 0.764. The summed E-state index contributed by atoms with van der Waals surface area (Å²) in [4.78, 5) is 17.1. The number of hydrogen-bond acceptors (Lipinski definition) is 4. The molecule has 0 N–H and O–H groups in total. The van der Waals surface area contributed by atoms with Gasteiger partial charge in [-0.1, -0.05) is 6.92 Å². The fourth-order valence-electron chi connectivity index (χ4n) is 1.69. The van der Waals surface area contributed by atoms with Crippen LogP contribution in [0, 0.1) is 0 Å². The molecule has 2 aromatic rings. The third-order valence-corrected chi connectivity index (χ3v) is 3.38. The zero-order valence-electron chi connectivity index (χ0n) is 10.0. The van der Waals surface area contributed by atoms with E-state index in [4.69, 9.17) is 0 Å². The van der Waals surface area contributed by atoms with Gasteiger partial charge in [-0.15, -0.1) is 11.3 Å². The molecule has 2 heterocycles. The molecule has 2 rings (SSSR count). The standard InChI is InChI=1S/C12H15N3OS/c1-3-9-5-11(15(4-2)14-9)12(16)6-10-7-13-8-17-10/h5,7-8H,3-4,6H2,1-2H3. The van der Waals surface area contributed by atoms with Crippen LogP contribution in [0.25, 0.3) is 0 Å². The SMILES string of the molecule is CCc1cc(C(=O)Cc2cncs2)n(CC)n1. The highest BCUT2D eigenvalue weighted by Crippen LogP contribution is 2.12. The number of thiazole rings is 1. The number of carbonyl (C=O) groups is 1. The third-order valence-electron chi connectivity index (χ3n) is 2.60. The van der Waals surface area contributed by atoms with Crippen molar-refractivity contribution in [2.75, 3.05) is 0 Å². The van der Waals surface area contributed by atoms with E-state index in [1.807, 2.05) is 19.9 Å². The van der Waals surface area contributed by atoms with E-state index in [1.165, 1.54) is 11.3 Å². The molecule has 0 aliphatic rings. The average Bonchev–Trinajstić information content (AvgIpc) is 2.96. The maximum Gasteiger partial charge on any atom is 0.186 e. The Kier molecular flexibility index (Phi) is 3.68. The second-order valence-electron chi connectivity index (χ2n) is 3.76. The maximum absolute atomic E-state index is 12.1. The Balaban J connectivity index is 2.21. The van der Waals surface area contributed by atoms with Crippen molar-refractivity contribution in [2.24, 2.45) is 0 Å². The van der Waals surface area contributed by atoms with E-state index in [-0.39, 0.29) is 5.78 Å². The Bertz CT molecular complexity index is 502. The first-order valence-corrected chi connectivity index (χ1v) is 6.59. The first kappa shape index (κ1) is 12.0. The minimum absolute atomic E-state index is 0.114. The van der Waals surface area contributed by atoms with Gasteiger partial charge in [-0.25, -0.2) is 0 Å². The van der Waals surface area contributed by atoms with E-state index in [1.54, 1.807) is 16.4 Å². The molecule has 0 aliphatic heterocycles. The van der Waals surface area contributed by atoms with E-state index < -0.39 is 0 Å². The summed E-state index contributed by atoms with van der Waals surface area (Å²) in [5, 5.41) is 4.38. The lowest BCUT2D eigenvalue weighted by atomic mass is 10.2. The number of nitrogens with zero attached hydrogens (tertiary/aromatic N) is 3. The number of aromatic nitrogens is 3. The van der Waals surface area contributed by atoms with Crippen molar-refractivity contribution in [2.45, 2.75) is 33.2 Å². The Labute approximate surface area is 104 Å². The van der Waals surface area contributed by atoms with Gasteiger partial charge in [-0.2, -0.15) is 5.10 Å². The number of Topliss-reactive ketones (excluding diaryl/α,β-unsaturated/α-hetero) is 1. The smallest absolute Gasteiger partial charge is 0.186 e. The second kappa shape index (κ2) is 5.23. The minimum atomic E-state index is 0.114. The third kappa shape index (κ3) is 2.61. The number of hydrogen-bond donors (Lipinski definition) is 0. The molecule has 0 saturated heterocycles. The fraction of sp³-hybridized carbons (Fsp3) is 0.417. The largest absolute Gasteiger partial charge is 0.292 e. The molecule has 5 heteroatoms. The Morgan fingerprint density at radius 2 is 2.29 bits per heavy atom. The van der Waals surface area contributed by atoms with Crippen LogP contribution in [0.1, 0.15) is 34.9 Å². The van der Waals surface area contributed by atoms with E-state index in [0.717, 1.165) is 23.5 Å². The normalized spacial score (nSPS) is 10.7. The minimum Gasteiger partial charge on any atom is -0.292 e. The summed E-state index contributed by atoms with van der Waals surface area (Å²) in [6.07, 6.45) is 3.02. The van der Waals surface area contributed by atoms with Gasteiger partial charge in [0.1, 0.15) is 5.69 Å². The molecule has 0 bridgehead atoms. The van der Waals surface area contributed by atoms with E-state index >= 15 is 0 Å². The molecule has 0 aliphatic carbocycles. The van der Waals surface area contributed by atoms with E-state index in [0.29, 0.717) is 12.1 Å². The summed E-state index contributed by atoms with van der Waals surface area (Å²) in [6, 6.07) is 1.90. The zero-order valence-corrected chi connectivity index (χ0v) is 10.8. The van der Waals surface area contributed by atoms with Crippen LogP contribution in [0.3, 0.4) is 0 Å². The molecule has 0 radical (unpaired) electrons. The molecule has 0 atom stereocenters. The van der Waals surface area contributed by atoms with Crippen LogP contribution in [-0.4, -0.2) is 20.5 Å². The van der Waals surface area contributed by atoms with E-state index in [2.05, 4.69) is 10.1 Å². The predicted molar refractivity (Wildman–Crippen MR) is 67.4 cm³/mol. The average molecular weight is 249 g/mol. The highest BCUT2D eigenvalue weighted by atomic mass is 32.1. The van der Waals surface area contributed by atoms with Gasteiger partial charge in [-0.3, -0.25) is 14.5 Å². The summed E-state index contributed by atoms with van der Waals surface area (Å²) in [7, 11) is 0. The molecular weight excluding hydrogens is 234 g/mol. The monoisotopic (exact) mass is 249 g/mol. The van der Waals surface area contributed by atoms with Crippen molar-refractivity contribution in [3.05, 3.63) is 34.0 Å². The molecule has 0 amide bonds. The fourth-order valence-corrected chi connectivity index (χ4v) is 2.28. The van der Waals surface area contributed by atoms with Gasteiger partial charge in [0.2, 0.25) is 0 Å². The van der Waals surface area contributed by atoms with Crippen molar-refractivity contribution in [1.82, 2.24) is 14.8 Å². The van der Waals surface area contributed by atoms with E-state index in [9.17, 15) is 4.79 Å². The zero-order chi connectivity index (χ0) is 12.3. The molecule has 90 valence electrons. The highest BCUT2D eigenvalue weighted by molar-refractivity contribution is 7.09. The summed E-state index contributed by atoms with van der Waals surface area (Å²) >= 11 is 1.51. The Morgan fingerprint density at radius 3 is 2.88 bits per heavy atom. The van der Waals surface area contributed by atoms with Crippen molar-refractivity contribution >= 4 is 17.1 Å². The number of rotatable bonds is 5. The van der Waals surface area contributed by atoms with Gasteiger partial charge in [0.25, 0.3) is 0 Å². The van der Waals surface area contributed by atoms with Gasteiger partial charge in [0, 0.05) is 24.0 Å². The number of carbonyl (C=O) groups excluding carboxylic acids is 1. The lowest BCUT2D eigenvalue weighted by Crippen LogP contribution is -2.11. The molecular formula is C12H15N3OS. The molecule has 17 heavy (non-hydrogen) atoms. The molecule has 0 spiro atoms. The van der Waals surface area contributed by atoms with Crippen LogP contribution in [0.4, 0.5) is 0 Å². The molecule has 0 unspecified atom stereocenters. The predicted octanol–water partition coefficient (Wildman–Crippen LogP) is 2.35. The number of ketones is 1. The van der Waals surface area contributed by atoms with Crippen molar-refractivity contribution in [1.29, 1.82) is 0 Å². The van der Waals surface area contributed by atoms with Crippen LogP contribution in [0.15, 0.2) is 17.8 Å².